The molecule has 5 nitrogen and oxygen atoms in total. The maximum absolute atomic E-state index is 12.5. The molecule has 1 aromatic rings. The molecule has 0 heterocycles. The first-order valence-corrected chi connectivity index (χ1v) is 10.3. The van der Waals surface area contributed by atoms with Crippen molar-refractivity contribution in [3.63, 3.8) is 0 Å². The van der Waals surface area contributed by atoms with Gasteiger partial charge in [0.1, 0.15) is 0 Å². The molecular formula is C23H33N3O2. The Labute approximate surface area is 169 Å². The van der Waals surface area contributed by atoms with Crippen LogP contribution in [0.4, 0.5) is 0 Å². The number of hydrogen-bond acceptors (Lipinski definition) is 4. The number of nitriles is 1. The molecule has 1 amide bonds. The molecule has 28 heavy (non-hydrogen) atoms. The fraction of sp³-hybridized carbons (Fsp3) is 0.565. The van der Waals surface area contributed by atoms with Gasteiger partial charge in [-0.2, -0.15) is 5.26 Å². The van der Waals surface area contributed by atoms with Crippen molar-refractivity contribution < 1.29 is 9.53 Å². The SMILES string of the molecule is C=CCN(C)CCCCOC1CCC(NC(=O)c2cccc(CC#N)c2)CC1. The second-order valence-corrected chi connectivity index (χ2v) is 7.61. The number of ether oxygens (including phenoxy) is 1. The zero-order valence-corrected chi connectivity index (χ0v) is 17.0. The van der Waals surface area contributed by atoms with Crippen molar-refractivity contribution in [2.75, 3.05) is 26.7 Å². The Balaban J connectivity index is 1.63. The maximum Gasteiger partial charge on any atom is 0.251 e. The largest absolute Gasteiger partial charge is 0.378 e. The number of rotatable bonds is 11. The van der Waals surface area contributed by atoms with Crippen LogP contribution in [-0.4, -0.2) is 49.7 Å². The Kier molecular flexibility index (Phi) is 9.74. The van der Waals surface area contributed by atoms with Crippen molar-refractivity contribution in [3.8, 4) is 6.07 Å². The van der Waals surface area contributed by atoms with Crippen LogP contribution in [0.15, 0.2) is 36.9 Å². The molecule has 1 fully saturated rings. The number of carbonyl (C=O) groups is 1. The molecule has 1 saturated carbocycles. The molecule has 0 aromatic heterocycles. The Hall–Kier alpha value is -2.16. The van der Waals surface area contributed by atoms with Gasteiger partial charge in [-0.25, -0.2) is 0 Å². The number of benzene rings is 1. The molecule has 0 saturated heterocycles. The Morgan fingerprint density at radius 1 is 1.36 bits per heavy atom. The molecule has 1 aliphatic carbocycles. The number of nitrogens with zero attached hydrogens (tertiary/aromatic N) is 2. The first-order valence-electron chi connectivity index (χ1n) is 10.3. The highest BCUT2D eigenvalue weighted by atomic mass is 16.5. The van der Waals surface area contributed by atoms with Crippen LogP contribution in [0.1, 0.15) is 54.4 Å². The van der Waals surface area contributed by atoms with E-state index in [0.29, 0.717) is 18.1 Å². The fourth-order valence-electron chi connectivity index (χ4n) is 3.60. The van der Waals surface area contributed by atoms with Gasteiger partial charge < -0.3 is 15.0 Å². The summed E-state index contributed by atoms with van der Waals surface area (Å²) >= 11 is 0. The van der Waals surface area contributed by atoms with Gasteiger partial charge in [0.2, 0.25) is 0 Å². The zero-order chi connectivity index (χ0) is 20.2. The van der Waals surface area contributed by atoms with E-state index in [1.165, 1.54) is 0 Å². The van der Waals surface area contributed by atoms with E-state index in [4.69, 9.17) is 10.00 Å². The van der Waals surface area contributed by atoms with E-state index in [1.54, 1.807) is 12.1 Å². The average molecular weight is 384 g/mol. The number of hydrogen-bond donors (Lipinski definition) is 1. The average Bonchev–Trinajstić information content (AvgIpc) is 2.69. The van der Waals surface area contributed by atoms with Crippen LogP contribution in [0.3, 0.4) is 0 Å². The smallest absolute Gasteiger partial charge is 0.251 e. The van der Waals surface area contributed by atoms with Gasteiger partial charge >= 0.3 is 0 Å². The predicted octanol–water partition coefficient (Wildman–Crippen LogP) is 3.71. The molecule has 1 aliphatic rings. The van der Waals surface area contributed by atoms with Crippen molar-refractivity contribution in [2.24, 2.45) is 0 Å². The van der Waals surface area contributed by atoms with Crippen LogP contribution in [0.5, 0.6) is 0 Å². The van der Waals surface area contributed by atoms with Gasteiger partial charge in [0.15, 0.2) is 0 Å². The lowest BCUT2D eigenvalue weighted by Crippen LogP contribution is -2.39. The lowest BCUT2D eigenvalue weighted by Gasteiger charge is -2.29. The normalized spacial score (nSPS) is 19.2. The predicted molar refractivity (Wildman–Crippen MR) is 112 cm³/mol. The van der Waals surface area contributed by atoms with Crippen molar-refractivity contribution >= 4 is 5.91 Å². The van der Waals surface area contributed by atoms with Gasteiger partial charge in [0.25, 0.3) is 5.91 Å². The molecule has 152 valence electrons. The lowest BCUT2D eigenvalue weighted by molar-refractivity contribution is 0.0199. The highest BCUT2D eigenvalue weighted by Gasteiger charge is 2.23. The second-order valence-electron chi connectivity index (χ2n) is 7.61. The molecule has 0 spiro atoms. The minimum Gasteiger partial charge on any atom is -0.378 e. The number of nitrogens with one attached hydrogen (secondary N) is 1. The third-order valence-electron chi connectivity index (χ3n) is 5.21. The van der Waals surface area contributed by atoms with E-state index in [9.17, 15) is 4.79 Å². The molecule has 0 atom stereocenters. The van der Waals surface area contributed by atoms with E-state index in [1.807, 2.05) is 18.2 Å². The van der Waals surface area contributed by atoms with E-state index in [0.717, 1.165) is 63.8 Å². The van der Waals surface area contributed by atoms with Crippen LogP contribution < -0.4 is 5.32 Å². The molecule has 1 aromatic carbocycles. The summed E-state index contributed by atoms with van der Waals surface area (Å²) < 4.78 is 6.02. The summed E-state index contributed by atoms with van der Waals surface area (Å²) in [7, 11) is 2.11. The van der Waals surface area contributed by atoms with Gasteiger partial charge in [-0.3, -0.25) is 4.79 Å². The first-order chi connectivity index (χ1) is 13.6. The van der Waals surface area contributed by atoms with Crippen LogP contribution >= 0.6 is 0 Å². The molecule has 1 N–H and O–H groups in total. The summed E-state index contributed by atoms with van der Waals surface area (Å²) in [5, 5.41) is 11.9. The van der Waals surface area contributed by atoms with Crippen LogP contribution in [0.25, 0.3) is 0 Å². The van der Waals surface area contributed by atoms with Crippen LogP contribution in [0, 0.1) is 11.3 Å². The molecular weight excluding hydrogens is 350 g/mol. The fourth-order valence-corrected chi connectivity index (χ4v) is 3.60. The molecule has 0 radical (unpaired) electrons. The summed E-state index contributed by atoms with van der Waals surface area (Å²) in [6, 6.07) is 9.65. The van der Waals surface area contributed by atoms with Gasteiger partial charge in [-0.1, -0.05) is 18.2 Å². The minimum absolute atomic E-state index is 0.0483. The van der Waals surface area contributed by atoms with Gasteiger partial charge in [-0.15, -0.1) is 6.58 Å². The first kappa shape index (κ1) is 22.1. The molecule has 0 bridgehead atoms. The van der Waals surface area contributed by atoms with Gasteiger partial charge in [-0.05, 0) is 69.8 Å². The number of unbranched alkanes of at least 4 members (excludes halogenated alkanes) is 1. The maximum atomic E-state index is 12.5. The number of amides is 1. The Bertz CT molecular complexity index is 660. The van der Waals surface area contributed by atoms with Crippen LogP contribution in [0.2, 0.25) is 0 Å². The summed E-state index contributed by atoms with van der Waals surface area (Å²) in [5.41, 5.74) is 1.51. The van der Waals surface area contributed by atoms with Crippen molar-refractivity contribution in [3.05, 3.63) is 48.0 Å². The Morgan fingerprint density at radius 3 is 2.86 bits per heavy atom. The standard InChI is InChI=1S/C23H33N3O2/c1-3-15-26(2)16-4-5-17-28-22-11-9-21(10-12-22)25-23(27)20-8-6-7-19(18-20)13-14-24/h3,6-8,18,21-22H,1,4-5,9-13,15-17H2,2H3,(H,25,27). The molecule has 0 aliphatic heterocycles. The van der Waals surface area contributed by atoms with E-state index < -0.39 is 0 Å². The van der Waals surface area contributed by atoms with Crippen LogP contribution in [-0.2, 0) is 11.2 Å². The molecule has 0 unspecified atom stereocenters. The summed E-state index contributed by atoms with van der Waals surface area (Å²) in [6.45, 7) is 6.57. The monoisotopic (exact) mass is 383 g/mol. The summed E-state index contributed by atoms with van der Waals surface area (Å²) in [4.78, 5) is 14.7. The van der Waals surface area contributed by atoms with Crippen molar-refractivity contribution in [1.29, 1.82) is 5.26 Å². The summed E-state index contributed by atoms with van der Waals surface area (Å²) in [5.74, 6) is -0.0483. The zero-order valence-electron chi connectivity index (χ0n) is 17.0. The highest BCUT2D eigenvalue weighted by Crippen LogP contribution is 2.22. The van der Waals surface area contributed by atoms with Crippen molar-refractivity contribution in [2.45, 2.75) is 57.1 Å². The van der Waals surface area contributed by atoms with Gasteiger partial charge in [0.05, 0.1) is 18.6 Å². The van der Waals surface area contributed by atoms with Crippen molar-refractivity contribution in [1.82, 2.24) is 10.2 Å². The summed E-state index contributed by atoms with van der Waals surface area (Å²) in [6.07, 6.45) is 8.69. The highest BCUT2D eigenvalue weighted by molar-refractivity contribution is 5.94. The quantitative estimate of drug-likeness (QED) is 0.467. The number of carbonyl (C=O) groups excluding carboxylic acids is 1. The number of likely N-dealkylation sites (N-methyl/N-ethyl adjacent to an activating group) is 1. The minimum atomic E-state index is -0.0483. The third-order valence-corrected chi connectivity index (χ3v) is 5.21. The second kappa shape index (κ2) is 12.3. The van der Waals surface area contributed by atoms with E-state index >= 15 is 0 Å². The van der Waals surface area contributed by atoms with E-state index in [-0.39, 0.29) is 11.9 Å². The molecule has 5 heteroatoms. The van der Waals surface area contributed by atoms with E-state index in [2.05, 4.69) is 29.9 Å². The molecule has 2 rings (SSSR count). The Morgan fingerprint density at radius 2 is 2.14 bits per heavy atom. The topological polar surface area (TPSA) is 65.4 Å². The third kappa shape index (κ3) is 7.84. The van der Waals surface area contributed by atoms with Gasteiger partial charge in [0, 0.05) is 24.8 Å². The lowest BCUT2D eigenvalue weighted by atomic mass is 9.92.